The maximum atomic E-state index is 13.0. The summed E-state index contributed by atoms with van der Waals surface area (Å²) in [5.74, 6) is -1.62. The van der Waals surface area contributed by atoms with Gasteiger partial charge in [0, 0.05) is 19.3 Å². The maximum Gasteiger partial charge on any atom is 0.472 e. The molecule has 0 aromatic rings. The third kappa shape index (κ3) is 82.0. The van der Waals surface area contributed by atoms with Gasteiger partial charge >= 0.3 is 33.6 Å². The summed E-state index contributed by atoms with van der Waals surface area (Å²) < 4.78 is 61.3. The van der Waals surface area contributed by atoms with Crippen LogP contribution in [-0.2, 0) is 55.8 Å². The van der Waals surface area contributed by atoms with E-state index in [-0.39, 0.29) is 19.3 Å². The summed E-state index contributed by atoms with van der Waals surface area (Å²) in [4.78, 5) is 58.8. The highest BCUT2D eigenvalue weighted by Gasteiger charge is 2.29. The highest BCUT2D eigenvalue weighted by Crippen LogP contribution is 2.45. The number of aliphatic hydroxyl groups is 2. The quantitative estimate of drug-likeness (QED) is 0.0146. The van der Waals surface area contributed by atoms with E-state index in [1.807, 2.05) is 0 Å². The Morgan fingerprint density at radius 3 is 0.785 bits per heavy atom. The Morgan fingerprint density at radius 2 is 0.495 bits per heavy atom. The van der Waals surface area contributed by atoms with Crippen molar-refractivity contribution in [3.63, 3.8) is 0 Å². The third-order valence-corrected chi connectivity index (χ3v) is 19.1. The number of carbonyl (C=O) groups is 3. The Hall–Kier alpha value is -4.83. The van der Waals surface area contributed by atoms with Crippen LogP contribution >= 0.6 is 15.6 Å². The van der Waals surface area contributed by atoms with Crippen molar-refractivity contribution in [1.82, 2.24) is 0 Å². The minimum Gasteiger partial charge on any atom is -0.463 e. The van der Waals surface area contributed by atoms with E-state index in [4.69, 9.17) is 32.3 Å². The van der Waals surface area contributed by atoms with E-state index >= 15 is 0 Å². The predicted octanol–water partition coefficient (Wildman–Crippen LogP) is 25.0. The molecule has 0 rings (SSSR count). The van der Waals surface area contributed by atoms with Gasteiger partial charge in [-0.25, -0.2) is 9.13 Å². The number of phosphoric ester groups is 2. The zero-order valence-electron chi connectivity index (χ0n) is 67.0. The topological polar surface area (TPSA) is 231 Å². The molecule has 0 radical (unpaired) electrons. The Morgan fingerprint density at radius 1 is 0.271 bits per heavy atom. The van der Waals surface area contributed by atoms with Crippen molar-refractivity contribution >= 4 is 33.6 Å². The van der Waals surface area contributed by atoms with Crippen LogP contribution in [-0.4, -0.2) is 95.9 Å². The van der Waals surface area contributed by atoms with Crippen LogP contribution in [0.3, 0.4) is 0 Å². The van der Waals surface area contributed by atoms with Crippen LogP contribution in [0, 0.1) is 0 Å². The van der Waals surface area contributed by atoms with Crippen LogP contribution < -0.4 is 0 Å². The standard InChI is InChI=1S/C89H150O16P2/c1-4-7-10-13-16-19-22-25-28-31-34-37-38-39-40-41-42-43-44-47-49-51-54-57-60-63-66-69-72-75-87(92)99-78-84(90)79-101-106(95,96)102-80-85(91)81-103-107(97,98)104-83-86(105-89(94)77-74-71-68-65-62-59-56-53-50-46-36-33-30-27-24-21-18-15-12-9-6-3)82-100-88(93)76-73-70-67-64-61-58-55-52-48-45-35-32-29-26-23-20-17-14-11-8-5-2/h8,11,16-21,25-30,34-37,39-40,45-46,52-53,55-56,84-86,90-91H,4-7,9-10,12-15,22-24,31-33,38,41-44,47-51,54,57-83H2,1-3H3,(H,95,96)(H,97,98)/b11-8-,19-16-,20-17-,21-18-,28-25-,29-26-,30-27-,37-34-,40-39-,45-35-,46-36-,55-52-,56-53-. The number of rotatable bonds is 78. The maximum absolute atomic E-state index is 13.0. The van der Waals surface area contributed by atoms with Crippen molar-refractivity contribution in [2.45, 2.75) is 347 Å². The number of aliphatic hydroxyl groups excluding tert-OH is 2. The van der Waals surface area contributed by atoms with E-state index in [2.05, 4.69) is 179 Å². The highest BCUT2D eigenvalue weighted by atomic mass is 31.2. The van der Waals surface area contributed by atoms with Gasteiger partial charge in [-0.15, -0.1) is 0 Å². The van der Waals surface area contributed by atoms with Gasteiger partial charge in [0.2, 0.25) is 0 Å². The Balaban J connectivity index is 4.64. The number of hydrogen-bond acceptors (Lipinski definition) is 14. The van der Waals surface area contributed by atoms with Gasteiger partial charge in [-0.3, -0.25) is 32.5 Å². The predicted molar refractivity (Wildman–Crippen MR) is 445 cm³/mol. The SMILES string of the molecule is CC/C=C\C/C=C\C/C=C\C/C=C\C/C=C\CCCCCCCC(=O)OCC(COP(=O)(O)OCC(O)COP(=O)(O)OCC(O)COC(=O)CCCCCCCCCCCCCCC/C=C\C/C=C\C/C=C\C/C=C\CCCCC)OC(=O)CCCCCCC/C=C\C/C=C\C/C=C\C/C=C\CCCCC. The second kappa shape index (κ2) is 80.7. The van der Waals surface area contributed by atoms with Crippen molar-refractivity contribution in [2.75, 3.05) is 39.6 Å². The first-order valence-electron chi connectivity index (χ1n) is 41.8. The normalized spacial score (nSPS) is 14.7. The average Bonchev–Trinajstić information content (AvgIpc) is 0.929. The molecule has 5 atom stereocenters. The molecule has 0 aromatic heterocycles. The monoisotopic (exact) mass is 1540 g/mol. The Kier molecular flexibility index (Phi) is 77.0. The van der Waals surface area contributed by atoms with Gasteiger partial charge in [0.15, 0.2) is 6.10 Å². The molecule has 0 amide bonds. The summed E-state index contributed by atoms with van der Waals surface area (Å²) in [5.41, 5.74) is 0. The lowest BCUT2D eigenvalue weighted by molar-refractivity contribution is -0.161. The van der Waals surface area contributed by atoms with E-state index in [0.717, 1.165) is 167 Å². The number of esters is 3. The first-order valence-corrected chi connectivity index (χ1v) is 44.8. The van der Waals surface area contributed by atoms with Gasteiger partial charge in [0.05, 0.1) is 26.4 Å². The molecule has 4 N–H and O–H groups in total. The largest absolute Gasteiger partial charge is 0.472 e. The van der Waals surface area contributed by atoms with Crippen molar-refractivity contribution in [3.05, 3.63) is 158 Å². The summed E-state index contributed by atoms with van der Waals surface area (Å²) >= 11 is 0. The molecule has 0 saturated heterocycles. The lowest BCUT2D eigenvalue weighted by atomic mass is 10.0. The van der Waals surface area contributed by atoms with Crippen molar-refractivity contribution < 1.29 is 75.8 Å². The fraction of sp³-hybridized carbons (Fsp3) is 0.674. The number of phosphoric acid groups is 2. The van der Waals surface area contributed by atoms with E-state index in [0.29, 0.717) is 19.3 Å². The first kappa shape index (κ1) is 102. The lowest BCUT2D eigenvalue weighted by Gasteiger charge is -2.21. The summed E-state index contributed by atoms with van der Waals surface area (Å²) in [6, 6.07) is 0. The molecule has 0 aliphatic heterocycles. The van der Waals surface area contributed by atoms with Crippen molar-refractivity contribution in [3.8, 4) is 0 Å². The second-order valence-electron chi connectivity index (χ2n) is 27.5. The summed E-state index contributed by atoms with van der Waals surface area (Å²) in [7, 11) is -9.82. The van der Waals surface area contributed by atoms with Crippen LogP contribution in [0.1, 0.15) is 329 Å². The van der Waals surface area contributed by atoms with Gasteiger partial charge in [-0.1, -0.05) is 314 Å². The minimum atomic E-state index is -4.95. The summed E-state index contributed by atoms with van der Waals surface area (Å²) in [6.07, 6.45) is 101. The molecule has 0 aliphatic rings. The van der Waals surface area contributed by atoms with E-state index in [9.17, 15) is 43.5 Å². The number of carbonyl (C=O) groups excluding carboxylic acids is 3. The molecular weight excluding hydrogens is 1390 g/mol. The Bertz CT molecular complexity index is 2580. The number of unbranched alkanes of at least 4 members (excludes halogenated alkanes) is 29. The number of hydrogen-bond donors (Lipinski definition) is 4. The summed E-state index contributed by atoms with van der Waals surface area (Å²) in [5, 5.41) is 20.7. The second-order valence-corrected chi connectivity index (χ2v) is 30.4. The van der Waals surface area contributed by atoms with Gasteiger partial charge in [-0.2, -0.15) is 0 Å². The Labute approximate surface area is 650 Å². The molecule has 0 aromatic carbocycles. The average molecular weight is 1540 g/mol. The van der Waals surface area contributed by atoms with Gasteiger partial charge in [0.1, 0.15) is 25.4 Å². The summed E-state index contributed by atoms with van der Waals surface area (Å²) in [6.45, 7) is 2.48. The smallest absolute Gasteiger partial charge is 0.463 e. The van der Waals surface area contributed by atoms with Crippen LogP contribution in [0.4, 0.5) is 0 Å². The minimum absolute atomic E-state index is 0.0737. The van der Waals surface area contributed by atoms with Gasteiger partial charge in [-0.05, 0) is 154 Å². The molecule has 16 nitrogen and oxygen atoms in total. The zero-order valence-corrected chi connectivity index (χ0v) is 68.8. The van der Waals surface area contributed by atoms with Crippen LogP contribution in [0.2, 0.25) is 0 Å². The van der Waals surface area contributed by atoms with Crippen LogP contribution in [0.25, 0.3) is 0 Å². The molecule has 0 heterocycles. The fourth-order valence-corrected chi connectivity index (χ4v) is 12.4. The van der Waals surface area contributed by atoms with Crippen molar-refractivity contribution in [2.24, 2.45) is 0 Å². The molecule has 0 aliphatic carbocycles. The molecule has 107 heavy (non-hydrogen) atoms. The zero-order chi connectivity index (χ0) is 78.0. The van der Waals surface area contributed by atoms with Crippen LogP contribution in [0.5, 0.6) is 0 Å². The molecular formula is C89H150O16P2. The van der Waals surface area contributed by atoms with Crippen molar-refractivity contribution in [1.29, 1.82) is 0 Å². The molecule has 0 spiro atoms. The van der Waals surface area contributed by atoms with E-state index in [1.165, 1.54) is 103 Å². The number of ether oxygens (including phenoxy) is 3. The first-order chi connectivity index (χ1) is 52.2. The lowest BCUT2D eigenvalue weighted by Crippen LogP contribution is -2.30. The van der Waals surface area contributed by atoms with Crippen LogP contribution in [0.15, 0.2) is 158 Å². The highest BCUT2D eigenvalue weighted by molar-refractivity contribution is 7.47. The molecule has 18 heteroatoms. The molecule has 5 unspecified atom stereocenters. The van der Waals surface area contributed by atoms with E-state index in [1.54, 1.807) is 0 Å². The van der Waals surface area contributed by atoms with E-state index < -0.39 is 91.5 Å². The number of allylic oxidation sites excluding steroid dienone is 26. The molecule has 0 bridgehead atoms. The van der Waals surface area contributed by atoms with Gasteiger partial charge in [0.25, 0.3) is 0 Å². The fourth-order valence-electron chi connectivity index (χ4n) is 10.9. The molecule has 612 valence electrons. The van der Waals surface area contributed by atoms with Gasteiger partial charge < -0.3 is 34.2 Å². The molecule has 0 fully saturated rings. The molecule has 0 saturated carbocycles. The third-order valence-electron chi connectivity index (χ3n) is 17.2.